The van der Waals surface area contributed by atoms with Crippen LogP contribution in [0.15, 0.2) is 48.7 Å². The summed E-state index contributed by atoms with van der Waals surface area (Å²) in [6.45, 7) is 5.36. The average Bonchev–Trinajstić information content (AvgIpc) is 3.18. The number of nitrogens with zero attached hydrogens (tertiary/aromatic N) is 3. The molecule has 2 heterocycles. The Bertz CT molecular complexity index is 1110. The summed E-state index contributed by atoms with van der Waals surface area (Å²) in [4.78, 5) is 42.2. The summed E-state index contributed by atoms with van der Waals surface area (Å²) in [6.07, 6.45) is -0.0801. The number of amides is 2. The average molecular weight is 440 g/mol. The molecule has 0 aliphatic rings. The number of benzene rings is 1. The molecule has 1 N–H and O–H groups in total. The number of hydrogen-bond acceptors (Lipinski definition) is 7. The van der Waals surface area contributed by atoms with Gasteiger partial charge in [0.25, 0.3) is 0 Å². The quantitative estimate of drug-likeness (QED) is 0.352. The van der Waals surface area contributed by atoms with Crippen LogP contribution >= 0.6 is 0 Å². The zero-order valence-corrected chi connectivity index (χ0v) is 18.0. The van der Waals surface area contributed by atoms with Crippen molar-refractivity contribution in [1.82, 2.24) is 14.8 Å². The van der Waals surface area contributed by atoms with Crippen molar-refractivity contribution in [3.8, 4) is 11.3 Å². The number of anilines is 1. The summed E-state index contributed by atoms with van der Waals surface area (Å²) in [5.74, 6) is -0.390. The zero-order chi connectivity index (χ0) is 23.1. The normalized spacial score (nSPS) is 10.5. The Morgan fingerprint density at radius 3 is 2.28 bits per heavy atom. The van der Waals surface area contributed by atoms with Gasteiger partial charge >= 0.3 is 18.2 Å². The van der Waals surface area contributed by atoms with E-state index in [9.17, 15) is 14.4 Å². The largest absolute Gasteiger partial charge is 0.462 e. The van der Waals surface area contributed by atoms with Crippen LogP contribution in [-0.4, -0.2) is 47.4 Å². The van der Waals surface area contributed by atoms with Gasteiger partial charge in [-0.1, -0.05) is 30.3 Å². The number of esters is 1. The minimum Gasteiger partial charge on any atom is -0.462 e. The smallest absolute Gasteiger partial charge is 0.435 e. The molecule has 0 saturated carbocycles. The summed E-state index contributed by atoms with van der Waals surface area (Å²) >= 11 is 0. The molecule has 0 spiro atoms. The molecule has 1 aromatic carbocycles. The highest BCUT2D eigenvalue weighted by molar-refractivity contribution is 5.99. The first kappa shape index (κ1) is 22.6. The van der Waals surface area contributed by atoms with Gasteiger partial charge in [0.05, 0.1) is 19.8 Å². The van der Waals surface area contributed by atoms with Crippen molar-refractivity contribution in [1.29, 1.82) is 0 Å². The van der Waals surface area contributed by atoms with Gasteiger partial charge in [0.2, 0.25) is 0 Å². The summed E-state index contributed by atoms with van der Waals surface area (Å²) in [7, 11) is 0. The first-order chi connectivity index (χ1) is 15.5. The lowest BCUT2D eigenvalue weighted by molar-refractivity contribution is 0.0528. The minimum absolute atomic E-state index is 0.0747. The van der Waals surface area contributed by atoms with Gasteiger partial charge in [-0.3, -0.25) is 4.40 Å². The Balaban J connectivity index is 2.27. The molecule has 2 amide bonds. The lowest BCUT2D eigenvalue weighted by Gasteiger charge is -2.22. The molecule has 0 aliphatic heterocycles. The van der Waals surface area contributed by atoms with Crippen molar-refractivity contribution in [2.75, 3.05) is 24.8 Å². The zero-order valence-electron chi connectivity index (χ0n) is 18.0. The predicted octanol–water partition coefficient (Wildman–Crippen LogP) is 3.80. The van der Waals surface area contributed by atoms with E-state index in [0.717, 1.165) is 5.01 Å². The second-order valence-corrected chi connectivity index (χ2v) is 6.35. The van der Waals surface area contributed by atoms with Crippen LogP contribution in [0.4, 0.5) is 15.4 Å². The predicted molar refractivity (Wildman–Crippen MR) is 116 cm³/mol. The SMILES string of the molecule is CCOC(=O)NN(C(=O)OCC)c1c(-c2ccccc2)nc2c(C(=O)OCC)cccn12. The first-order valence-corrected chi connectivity index (χ1v) is 10.2. The first-order valence-electron chi connectivity index (χ1n) is 10.2. The molecule has 0 saturated heterocycles. The van der Waals surface area contributed by atoms with E-state index in [4.69, 9.17) is 14.2 Å². The Morgan fingerprint density at radius 1 is 0.938 bits per heavy atom. The number of ether oxygens (including phenoxy) is 3. The number of carbonyl (C=O) groups is 3. The number of hydrazine groups is 1. The van der Waals surface area contributed by atoms with E-state index in [1.165, 1.54) is 4.40 Å². The van der Waals surface area contributed by atoms with Crippen molar-refractivity contribution < 1.29 is 28.6 Å². The number of nitrogens with one attached hydrogen (secondary N) is 1. The fourth-order valence-corrected chi connectivity index (χ4v) is 3.05. The molecule has 32 heavy (non-hydrogen) atoms. The molecule has 0 unspecified atom stereocenters. The molecule has 168 valence electrons. The number of imidazole rings is 1. The summed E-state index contributed by atoms with van der Waals surface area (Å²) in [5, 5.41) is 0.915. The third kappa shape index (κ3) is 4.64. The standard InChI is InChI=1S/C22H24N4O6/c1-4-30-20(27)16-13-10-14-25-18(16)23-17(15-11-8-7-9-12-15)19(25)26(22(29)32-6-3)24-21(28)31-5-2/h7-14H,4-6H2,1-3H3,(H,24,28). The topological polar surface area (TPSA) is 111 Å². The van der Waals surface area contributed by atoms with Gasteiger partial charge in [0.15, 0.2) is 11.5 Å². The van der Waals surface area contributed by atoms with E-state index in [0.29, 0.717) is 11.3 Å². The molecule has 0 aliphatic carbocycles. The van der Waals surface area contributed by atoms with Crippen molar-refractivity contribution in [3.63, 3.8) is 0 Å². The summed E-state index contributed by atoms with van der Waals surface area (Å²) in [5.41, 5.74) is 3.85. The maximum atomic E-state index is 12.8. The Kier molecular flexibility index (Phi) is 7.27. The molecule has 0 atom stereocenters. The highest BCUT2D eigenvalue weighted by Crippen LogP contribution is 2.32. The molecule has 0 fully saturated rings. The second kappa shape index (κ2) is 10.3. The summed E-state index contributed by atoms with van der Waals surface area (Å²) < 4.78 is 16.8. The second-order valence-electron chi connectivity index (χ2n) is 6.35. The number of aromatic nitrogens is 2. The molecule has 10 nitrogen and oxygen atoms in total. The fourth-order valence-electron chi connectivity index (χ4n) is 3.05. The van der Waals surface area contributed by atoms with Crippen molar-refractivity contribution in [2.24, 2.45) is 0 Å². The van der Waals surface area contributed by atoms with Crippen LogP contribution < -0.4 is 10.4 Å². The maximum absolute atomic E-state index is 12.8. The van der Waals surface area contributed by atoms with Crippen LogP contribution in [0.5, 0.6) is 0 Å². The van der Waals surface area contributed by atoms with Gasteiger partial charge in [-0.05, 0) is 32.9 Å². The molecule has 0 bridgehead atoms. The Labute approximate surface area is 184 Å². The minimum atomic E-state index is -0.851. The van der Waals surface area contributed by atoms with Gasteiger partial charge in [0, 0.05) is 11.8 Å². The third-order valence-electron chi connectivity index (χ3n) is 4.31. The van der Waals surface area contributed by atoms with Gasteiger partial charge in [0.1, 0.15) is 11.3 Å². The van der Waals surface area contributed by atoms with Gasteiger partial charge in [-0.15, -0.1) is 0 Å². The van der Waals surface area contributed by atoms with Crippen LogP contribution in [0.1, 0.15) is 31.1 Å². The van der Waals surface area contributed by atoms with Gasteiger partial charge < -0.3 is 14.2 Å². The third-order valence-corrected chi connectivity index (χ3v) is 4.31. The molecule has 10 heteroatoms. The molecular weight excluding hydrogens is 416 g/mol. The van der Waals surface area contributed by atoms with E-state index in [1.807, 2.05) is 18.2 Å². The summed E-state index contributed by atoms with van der Waals surface area (Å²) in [6, 6.07) is 12.2. The number of rotatable bonds is 6. The van der Waals surface area contributed by atoms with Crippen LogP contribution in [0.2, 0.25) is 0 Å². The van der Waals surface area contributed by atoms with Gasteiger partial charge in [-0.25, -0.2) is 24.8 Å². The number of pyridine rings is 1. The van der Waals surface area contributed by atoms with Crippen molar-refractivity contribution >= 4 is 29.6 Å². The van der Waals surface area contributed by atoms with E-state index in [1.54, 1.807) is 51.2 Å². The molecular formula is C22H24N4O6. The van der Waals surface area contributed by atoms with Crippen LogP contribution in [-0.2, 0) is 14.2 Å². The van der Waals surface area contributed by atoms with E-state index in [2.05, 4.69) is 10.4 Å². The van der Waals surface area contributed by atoms with E-state index < -0.39 is 18.2 Å². The lowest BCUT2D eigenvalue weighted by Crippen LogP contribution is -2.48. The molecule has 3 rings (SSSR count). The number of fused-ring (bicyclic) bond motifs is 1. The van der Waals surface area contributed by atoms with Crippen LogP contribution in [0, 0.1) is 0 Å². The Hall–Kier alpha value is -4.08. The highest BCUT2D eigenvalue weighted by Gasteiger charge is 2.30. The monoisotopic (exact) mass is 440 g/mol. The molecule has 2 aromatic heterocycles. The van der Waals surface area contributed by atoms with Gasteiger partial charge in [-0.2, -0.15) is 5.01 Å². The van der Waals surface area contributed by atoms with E-state index >= 15 is 0 Å². The van der Waals surface area contributed by atoms with E-state index in [-0.39, 0.29) is 36.8 Å². The lowest BCUT2D eigenvalue weighted by atomic mass is 10.1. The molecule has 0 radical (unpaired) electrons. The highest BCUT2D eigenvalue weighted by atomic mass is 16.6. The number of carbonyl (C=O) groups excluding carboxylic acids is 3. The van der Waals surface area contributed by atoms with Crippen LogP contribution in [0.25, 0.3) is 16.9 Å². The fraction of sp³-hybridized carbons (Fsp3) is 0.273. The Morgan fingerprint density at radius 2 is 1.62 bits per heavy atom. The van der Waals surface area contributed by atoms with Crippen molar-refractivity contribution in [3.05, 3.63) is 54.2 Å². The molecule has 3 aromatic rings. The van der Waals surface area contributed by atoms with Crippen molar-refractivity contribution in [2.45, 2.75) is 20.8 Å². The van der Waals surface area contributed by atoms with Crippen LogP contribution in [0.3, 0.4) is 0 Å². The maximum Gasteiger partial charge on any atom is 0.435 e. The number of hydrogen-bond donors (Lipinski definition) is 1.